The van der Waals surface area contributed by atoms with Crippen molar-refractivity contribution in [2.24, 2.45) is 12.0 Å². The maximum Gasteiger partial charge on any atom is 0.335 e. The summed E-state index contributed by atoms with van der Waals surface area (Å²) >= 11 is 1.35. The number of aromatic nitrogens is 1. The molecule has 0 bridgehead atoms. The molecule has 1 aliphatic heterocycles. The van der Waals surface area contributed by atoms with Gasteiger partial charge in [0.25, 0.3) is 5.91 Å². The van der Waals surface area contributed by atoms with Gasteiger partial charge in [0.2, 0.25) is 0 Å². The fourth-order valence-electron chi connectivity index (χ4n) is 3.45. The number of aromatic carboxylic acids is 1. The van der Waals surface area contributed by atoms with Gasteiger partial charge in [0.15, 0.2) is 5.17 Å². The van der Waals surface area contributed by atoms with E-state index in [1.54, 1.807) is 29.2 Å². The van der Waals surface area contributed by atoms with E-state index in [2.05, 4.69) is 10.6 Å². The molecule has 0 unspecified atom stereocenters. The summed E-state index contributed by atoms with van der Waals surface area (Å²) in [4.78, 5) is 31.4. The predicted molar refractivity (Wildman–Crippen MR) is 128 cm³/mol. The van der Waals surface area contributed by atoms with Crippen LogP contribution in [0.25, 0.3) is 6.08 Å². The van der Waals surface area contributed by atoms with Crippen molar-refractivity contribution in [2.45, 2.75) is 20.4 Å². The lowest BCUT2D eigenvalue weighted by Gasteiger charge is -2.16. The van der Waals surface area contributed by atoms with E-state index >= 15 is 0 Å². The summed E-state index contributed by atoms with van der Waals surface area (Å²) in [6.07, 6.45) is 1.92. The molecule has 1 amide bonds. The molecule has 0 radical (unpaired) electrons. The summed E-state index contributed by atoms with van der Waals surface area (Å²) in [5.41, 5.74) is 5.03. The van der Waals surface area contributed by atoms with Crippen LogP contribution in [-0.4, -0.2) is 31.6 Å². The van der Waals surface area contributed by atoms with Gasteiger partial charge in [-0.05, 0) is 73.1 Å². The number of benzene rings is 2. The molecule has 1 N–H and O–H groups in total. The van der Waals surface area contributed by atoms with Gasteiger partial charge in [0, 0.05) is 18.4 Å². The molecule has 6 nitrogen and oxygen atoms in total. The van der Waals surface area contributed by atoms with E-state index in [-0.39, 0.29) is 11.5 Å². The second kappa shape index (κ2) is 8.88. The molecule has 1 aromatic heterocycles. The first kappa shape index (κ1) is 21.6. The van der Waals surface area contributed by atoms with Crippen molar-refractivity contribution in [1.82, 2.24) is 9.47 Å². The first-order valence-electron chi connectivity index (χ1n) is 10.1. The number of rotatable bonds is 5. The van der Waals surface area contributed by atoms with E-state index in [1.807, 2.05) is 57.3 Å². The zero-order valence-electron chi connectivity index (χ0n) is 18.1. The van der Waals surface area contributed by atoms with Crippen LogP contribution in [0.2, 0.25) is 0 Å². The number of amidine groups is 1. The van der Waals surface area contributed by atoms with E-state index in [1.165, 1.54) is 11.8 Å². The normalized spacial score (nSPS) is 16.3. The fraction of sp³-hybridized carbons (Fsp3) is 0.160. The van der Waals surface area contributed by atoms with Crippen molar-refractivity contribution in [1.29, 1.82) is 0 Å². The van der Waals surface area contributed by atoms with Gasteiger partial charge in [-0.15, -0.1) is 0 Å². The highest BCUT2D eigenvalue weighted by Gasteiger charge is 2.33. The molecule has 1 fully saturated rings. The third-order valence-electron chi connectivity index (χ3n) is 5.51. The number of hydrogen-bond donors (Lipinski definition) is 1. The van der Waals surface area contributed by atoms with Gasteiger partial charge in [-0.25, -0.2) is 9.79 Å². The molecule has 2 aromatic carbocycles. The van der Waals surface area contributed by atoms with E-state index in [4.69, 9.17) is 10.1 Å². The van der Waals surface area contributed by atoms with E-state index in [9.17, 15) is 9.59 Å². The van der Waals surface area contributed by atoms with Crippen molar-refractivity contribution < 1.29 is 14.7 Å². The minimum absolute atomic E-state index is 0.118. The lowest BCUT2D eigenvalue weighted by molar-refractivity contribution is -0.122. The average Bonchev–Trinajstić information content (AvgIpc) is 3.20. The molecule has 162 valence electrons. The minimum atomic E-state index is -0.977. The zero-order valence-corrected chi connectivity index (χ0v) is 18.9. The number of para-hydroxylation sites is 1. The van der Waals surface area contributed by atoms with Crippen molar-refractivity contribution in [3.05, 3.63) is 93.6 Å². The third-order valence-corrected chi connectivity index (χ3v) is 6.52. The summed E-state index contributed by atoms with van der Waals surface area (Å²) in [6.45, 7) is 4.37. The Morgan fingerprint density at radius 1 is 1.09 bits per heavy atom. The topological polar surface area (TPSA) is 74.9 Å². The molecule has 1 saturated heterocycles. The quantitative estimate of drug-likeness (QED) is 0.552. The number of aliphatic imine (C=N–C) groups is 1. The molecule has 0 atom stereocenters. The summed E-state index contributed by atoms with van der Waals surface area (Å²) in [5, 5.41) is 9.73. The van der Waals surface area contributed by atoms with Gasteiger partial charge in [0.05, 0.1) is 22.7 Å². The molecule has 1 aliphatic rings. The monoisotopic (exact) mass is 445 g/mol. The first-order chi connectivity index (χ1) is 15.3. The Morgan fingerprint density at radius 2 is 1.78 bits per heavy atom. The minimum Gasteiger partial charge on any atom is -0.478 e. The summed E-state index contributed by atoms with van der Waals surface area (Å²) < 4.78 is 2.09. The van der Waals surface area contributed by atoms with Crippen LogP contribution >= 0.6 is 11.8 Å². The van der Waals surface area contributed by atoms with Gasteiger partial charge < -0.3 is 9.67 Å². The smallest absolute Gasteiger partial charge is 0.335 e. The predicted octanol–water partition coefficient (Wildman–Crippen LogP) is 5.14. The molecule has 0 aliphatic carbocycles. The van der Waals surface area contributed by atoms with E-state index < -0.39 is 5.97 Å². The lowest BCUT2D eigenvalue weighted by Crippen LogP contribution is -2.28. The lowest BCUT2D eigenvalue weighted by atomic mass is 10.1. The molecular weight excluding hydrogens is 422 g/mol. The summed E-state index contributed by atoms with van der Waals surface area (Å²) in [6, 6.07) is 18.1. The second-order valence-corrected chi connectivity index (χ2v) is 8.63. The fourth-order valence-corrected chi connectivity index (χ4v) is 4.44. The average molecular weight is 446 g/mol. The summed E-state index contributed by atoms with van der Waals surface area (Å²) in [7, 11) is 2.01. The van der Waals surface area contributed by atoms with E-state index in [0.717, 1.165) is 28.2 Å². The van der Waals surface area contributed by atoms with Crippen LogP contribution in [0.4, 0.5) is 5.69 Å². The van der Waals surface area contributed by atoms with Crippen molar-refractivity contribution >= 4 is 40.6 Å². The van der Waals surface area contributed by atoms with Crippen molar-refractivity contribution in [2.75, 3.05) is 0 Å². The standard InChI is InChI=1S/C25H23N3O3S/c1-16-13-20(17(2)27(16)3)14-22-23(29)28(15-18-9-11-19(12-10-18)24(30)31)25(32-22)26-21-7-5-4-6-8-21/h4-14H,15H2,1-3H3,(H,30,31)/b22-14+,26-25?. The Hall–Kier alpha value is -3.58. The Morgan fingerprint density at radius 3 is 2.38 bits per heavy atom. The highest BCUT2D eigenvalue weighted by molar-refractivity contribution is 8.18. The number of hydrogen-bond acceptors (Lipinski definition) is 4. The maximum absolute atomic E-state index is 13.3. The molecule has 7 heteroatoms. The van der Waals surface area contributed by atoms with Gasteiger partial charge in [0.1, 0.15) is 0 Å². The SMILES string of the molecule is Cc1cc(/C=C2/SC(=Nc3ccccc3)N(Cc3ccc(C(=O)O)cc3)C2=O)c(C)n1C. The maximum atomic E-state index is 13.3. The Labute approximate surface area is 190 Å². The first-order valence-corrected chi connectivity index (χ1v) is 11.0. The summed E-state index contributed by atoms with van der Waals surface area (Å²) in [5.74, 6) is -1.10. The van der Waals surface area contributed by atoms with Gasteiger partial charge in [-0.3, -0.25) is 9.69 Å². The van der Waals surface area contributed by atoms with Crippen LogP contribution in [0.1, 0.15) is 32.9 Å². The number of thioether (sulfide) groups is 1. The van der Waals surface area contributed by atoms with Crippen LogP contribution in [-0.2, 0) is 18.4 Å². The molecule has 4 rings (SSSR count). The number of amides is 1. The van der Waals surface area contributed by atoms with Crippen LogP contribution in [0.3, 0.4) is 0 Å². The third kappa shape index (κ3) is 4.38. The highest BCUT2D eigenvalue weighted by Crippen LogP contribution is 2.36. The van der Waals surface area contributed by atoms with Gasteiger partial charge in [-0.2, -0.15) is 0 Å². The Kier molecular flexibility index (Phi) is 6.01. The van der Waals surface area contributed by atoms with Crippen LogP contribution in [0, 0.1) is 13.8 Å². The molecular formula is C25H23N3O3S. The van der Waals surface area contributed by atoms with Crippen LogP contribution in [0.5, 0.6) is 0 Å². The van der Waals surface area contributed by atoms with Crippen molar-refractivity contribution in [3.8, 4) is 0 Å². The van der Waals surface area contributed by atoms with Crippen LogP contribution in [0.15, 0.2) is 70.6 Å². The number of carboxylic acids is 1. The molecule has 3 aromatic rings. The Bertz CT molecular complexity index is 1240. The number of nitrogens with zero attached hydrogens (tertiary/aromatic N) is 3. The highest BCUT2D eigenvalue weighted by atomic mass is 32.2. The largest absolute Gasteiger partial charge is 0.478 e. The van der Waals surface area contributed by atoms with Gasteiger partial charge >= 0.3 is 5.97 Å². The van der Waals surface area contributed by atoms with E-state index in [0.29, 0.717) is 16.6 Å². The number of carbonyl (C=O) groups excluding carboxylic acids is 1. The number of aryl methyl sites for hydroxylation is 1. The number of carbonyl (C=O) groups is 2. The van der Waals surface area contributed by atoms with Crippen LogP contribution < -0.4 is 0 Å². The second-order valence-electron chi connectivity index (χ2n) is 7.62. The van der Waals surface area contributed by atoms with Gasteiger partial charge in [-0.1, -0.05) is 30.3 Å². The molecule has 32 heavy (non-hydrogen) atoms. The Balaban J connectivity index is 1.70. The zero-order chi connectivity index (χ0) is 22.8. The van der Waals surface area contributed by atoms with Crippen molar-refractivity contribution in [3.63, 3.8) is 0 Å². The number of carboxylic acid groups (broad SMARTS) is 1. The molecule has 0 saturated carbocycles. The molecule has 2 heterocycles. The molecule has 0 spiro atoms.